The van der Waals surface area contributed by atoms with E-state index in [1.807, 2.05) is 30.3 Å². The van der Waals surface area contributed by atoms with Gasteiger partial charge in [-0.1, -0.05) is 18.2 Å². The molecule has 17 heavy (non-hydrogen) atoms. The van der Waals surface area contributed by atoms with Crippen molar-refractivity contribution in [3.8, 4) is 0 Å². The van der Waals surface area contributed by atoms with E-state index in [1.54, 1.807) is 18.9 Å². The first-order chi connectivity index (χ1) is 7.97. The van der Waals surface area contributed by atoms with Gasteiger partial charge in [0.1, 0.15) is 0 Å². The van der Waals surface area contributed by atoms with Gasteiger partial charge in [0.15, 0.2) is 0 Å². The molecule has 1 heterocycles. The maximum absolute atomic E-state index is 11.5. The topological polar surface area (TPSA) is 64.6 Å². The van der Waals surface area contributed by atoms with Crippen LogP contribution < -0.4 is 15.8 Å². The molecule has 5 heteroatoms. The number of urea groups is 1. The van der Waals surface area contributed by atoms with Crippen molar-refractivity contribution in [1.82, 2.24) is 10.7 Å². The molecule has 3 N–H and O–H groups in total. The average molecular weight is 235 g/mol. The summed E-state index contributed by atoms with van der Waals surface area (Å²) in [4.78, 5) is 11.5. The number of hydrogen-bond acceptors (Lipinski definition) is 3. The van der Waals surface area contributed by atoms with Crippen LogP contribution in [0.15, 0.2) is 30.3 Å². The van der Waals surface area contributed by atoms with Gasteiger partial charge in [-0.2, -0.15) is 0 Å². The lowest BCUT2D eigenvalue weighted by Crippen LogP contribution is -2.66. The third-order valence-electron chi connectivity index (χ3n) is 2.83. The minimum absolute atomic E-state index is 0.299. The minimum Gasteiger partial charge on any atom is -0.388 e. The van der Waals surface area contributed by atoms with E-state index in [-0.39, 0.29) is 12.1 Å². The quantitative estimate of drug-likeness (QED) is 0.712. The summed E-state index contributed by atoms with van der Waals surface area (Å²) in [5.41, 5.74) is 2.65. The van der Waals surface area contributed by atoms with Crippen LogP contribution in [0.5, 0.6) is 0 Å². The zero-order chi connectivity index (χ0) is 12.5. The molecule has 1 aromatic rings. The van der Waals surface area contributed by atoms with Crippen LogP contribution >= 0.6 is 0 Å². The van der Waals surface area contributed by atoms with Crippen molar-refractivity contribution in [2.24, 2.45) is 0 Å². The molecule has 1 aromatic carbocycles. The van der Waals surface area contributed by atoms with Crippen molar-refractivity contribution in [3.05, 3.63) is 30.3 Å². The number of anilines is 1. The second-order valence-corrected chi connectivity index (χ2v) is 4.74. The smallest absolute Gasteiger partial charge is 0.333 e. The number of hydrazine groups is 1. The first-order valence-electron chi connectivity index (χ1n) is 5.59. The van der Waals surface area contributed by atoms with Crippen molar-refractivity contribution in [1.29, 1.82) is 0 Å². The van der Waals surface area contributed by atoms with Gasteiger partial charge >= 0.3 is 6.03 Å². The largest absolute Gasteiger partial charge is 0.388 e. The van der Waals surface area contributed by atoms with E-state index >= 15 is 0 Å². The Morgan fingerprint density at radius 1 is 1.35 bits per heavy atom. The molecule has 0 spiro atoms. The molecule has 5 nitrogen and oxygen atoms in total. The summed E-state index contributed by atoms with van der Waals surface area (Å²) in [6.07, 6.45) is 0. The maximum atomic E-state index is 11.5. The van der Waals surface area contributed by atoms with E-state index in [9.17, 15) is 9.90 Å². The molecule has 1 saturated heterocycles. The normalized spacial score (nSPS) is 20.8. The van der Waals surface area contributed by atoms with Crippen molar-refractivity contribution < 1.29 is 9.90 Å². The molecule has 1 unspecified atom stereocenters. The number of carbonyl (C=O) groups excluding carboxylic acids is 1. The summed E-state index contributed by atoms with van der Waals surface area (Å²) >= 11 is 0. The van der Waals surface area contributed by atoms with Crippen molar-refractivity contribution in [2.45, 2.75) is 25.5 Å². The van der Waals surface area contributed by atoms with Crippen LogP contribution in [0.25, 0.3) is 0 Å². The molecule has 0 aromatic heterocycles. The Bertz CT molecular complexity index is 400. The van der Waals surface area contributed by atoms with E-state index in [0.29, 0.717) is 6.54 Å². The third kappa shape index (κ3) is 2.68. The first-order valence-corrected chi connectivity index (χ1v) is 5.59. The SMILES string of the molecule is CC(C)(O)C1CN(c2ccccc2)NC(=O)N1. The number of benzene rings is 1. The standard InChI is InChI=1S/C12H17N3O2/c1-12(2,17)10-8-15(14-11(16)13-10)9-6-4-3-5-7-9/h3-7,10,17H,8H2,1-2H3,(H2,13,14,16). The van der Waals surface area contributed by atoms with Gasteiger partial charge in [0.2, 0.25) is 0 Å². The maximum Gasteiger partial charge on any atom is 0.333 e. The number of nitrogens with one attached hydrogen (secondary N) is 2. The predicted molar refractivity (Wildman–Crippen MR) is 65.5 cm³/mol. The second kappa shape index (κ2) is 4.25. The Morgan fingerprint density at radius 2 is 2.00 bits per heavy atom. The van der Waals surface area contributed by atoms with Crippen molar-refractivity contribution in [3.63, 3.8) is 0 Å². The number of aliphatic hydroxyl groups is 1. The lowest BCUT2D eigenvalue weighted by molar-refractivity contribution is 0.0391. The fraction of sp³-hybridized carbons (Fsp3) is 0.417. The molecule has 0 aliphatic carbocycles. The highest BCUT2D eigenvalue weighted by Gasteiger charge is 2.34. The highest BCUT2D eigenvalue weighted by atomic mass is 16.3. The summed E-state index contributed by atoms with van der Waals surface area (Å²) < 4.78 is 0. The van der Waals surface area contributed by atoms with Gasteiger partial charge in [-0.05, 0) is 26.0 Å². The van der Waals surface area contributed by atoms with E-state index < -0.39 is 5.60 Å². The van der Waals surface area contributed by atoms with Gasteiger partial charge in [0.05, 0.1) is 23.9 Å². The van der Waals surface area contributed by atoms with E-state index in [4.69, 9.17) is 0 Å². The van der Waals surface area contributed by atoms with Crippen LogP contribution in [0.3, 0.4) is 0 Å². The van der Waals surface area contributed by atoms with Gasteiger partial charge in [0.25, 0.3) is 0 Å². The summed E-state index contributed by atoms with van der Waals surface area (Å²) in [7, 11) is 0. The number of amides is 2. The lowest BCUT2D eigenvalue weighted by Gasteiger charge is -2.40. The van der Waals surface area contributed by atoms with Crippen LogP contribution in [0.2, 0.25) is 0 Å². The molecule has 1 fully saturated rings. The predicted octanol–water partition coefficient (Wildman–Crippen LogP) is 0.860. The monoisotopic (exact) mass is 235 g/mol. The summed E-state index contributed by atoms with van der Waals surface area (Å²) in [6.45, 7) is 3.89. The number of para-hydroxylation sites is 1. The molecule has 0 saturated carbocycles. The van der Waals surface area contributed by atoms with Crippen LogP contribution in [-0.4, -0.2) is 29.3 Å². The number of hydrogen-bond donors (Lipinski definition) is 3. The van der Waals surface area contributed by atoms with Gasteiger partial charge in [0, 0.05) is 0 Å². The molecular weight excluding hydrogens is 218 g/mol. The number of rotatable bonds is 2. The molecule has 0 radical (unpaired) electrons. The molecule has 0 bridgehead atoms. The van der Waals surface area contributed by atoms with Crippen LogP contribution in [0.4, 0.5) is 10.5 Å². The molecule has 2 amide bonds. The average Bonchev–Trinajstić information content (AvgIpc) is 2.28. The van der Waals surface area contributed by atoms with E-state index in [2.05, 4.69) is 10.7 Å². The molecule has 92 valence electrons. The Balaban J connectivity index is 2.17. The first kappa shape index (κ1) is 11.7. The Hall–Kier alpha value is -1.75. The van der Waals surface area contributed by atoms with Gasteiger partial charge < -0.3 is 10.4 Å². The summed E-state index contributed by atoms with van der Waals surface area (Å²) in [6, 6.07) is 8.94. The second-order valence-electron chi connectivity index (χ2n) is 4.74. The fourth-order valence-corrected chi connectivity index (χ4v) is 1.76. The molecule has 1 atom stereocenters. The molecule has 1 aliphatic heterocycles. The highest BCUT2D eigenvalue weighted by molar-refractivity contribution is 5.78. The molecular formula is C12H17N3O2. The van der Waals surface area contributed by atoms with E-state index in [0.717, 1.165) is 5.69 Å². The van der Waals surface area contributed by atoms with Crippen LogP contribution in [-0.2, 0) is 0 Å². The Morgan fingerprint density at radius 3 is 2.59 bits per heavy atom. The fourth-order valence-electron chi connectivity index (χ4n) is 1.76. The Labute approximate surface area is 100 Å². The zero-order valence-electron chi connectivity index (χ0n) is 9.97. The van der Waals surface area contributed by atoms with Crippen LogP contribution in [0.1, 0.15) is 13.8 Å². The Kier molecular flexibility index (Phi) is 2.93. The van der Waals surface area contributed by atoms with Crippen molar-refractivity contribution >= 4 is 11.7 Å². The van der Waals surface area contributed by atoms with Gasteiger partial charge in [-0.3, -0.25) is 5.01 Å². The minimum atomic E-state index is -0.954. The van der Waals surface area contributed by atoms with Crippen LogP contribution in [0, 0.1) is 0 Å². The molecule has 2 rings (SSSR count). The summed E-state index contributed by atoms with van der Waals surface area (Å²) in [5, 5.41) is 14.4. The third-order valence-corrected chi connectivity index (χ3v) is 2.83. The number of carbonyl (C=O) groups is 1. The lowest BCUT2D eigenvalue weighted by atomic mass is 9.98. The van der Waals surface area contributed by atoms with Crippen molar-refractivity contribution in [2.75, 3.05) is 11.6 Å². The van der Waals surface area contributed by atoms with Gasteiger partial charge in [-0.25, -0.2) is 10.2 Å². The number of nitrogens with zero attached hydrogens (tertiary/aromatic N) is 1. The van der Waals surface area contributed by atoms with E-state index in [1.165, 1.54) is 0 Å². The summed E-state index contributed by atoms with van der Waals surface area (Å²) in [5.74, 6) is 0. The van der Waals surface area contributed by atoms with Gasteiger partial charge in [-0.15, -0.1) is 0 Å². The zero-order valence-corrected chi connectivity index (χ0v) is 9.97. The highest BCUT2D eigenvalue weighted by Crippen LogP contribution is 2.17. The molecule has 1 aliphatic rings.